The highest BCUT2D eigenvalue weighted by atomic mass is 16.5. The van der Waals surface area contributed by atoms with Gasteiger partial charge in [0.05, 0.1) is 63.7 Å². The van der Waals surface area contributed by atoms with E-state index in [0.29, 0.717) is 46.2 Å². The minimum Gasteiger partial charge on any atom is -0.396 e. The zero-order valence-corrected chi connectivity index (χ0v) is 19.3. The lowest BCUT2D eigenvalue weighted by molar-refractivity contribution is -0.121. The molecule has 0 saturated carbocycles. The van der Waals surface area contributed by atoms with E-state index in [4.69, 9.17) is 28.4 Å². The third kappa shape index (κ3) is 15.3. The van der Waals surface area contributed by atoms with E-state index < -0.39 is 5.41 Å². The molecule has 1 N–H and O–H groups in total. The van der Waals surface area contributed by atoms with Gasteiger partial charge in [-0.3, -0.25) is 0 Å². The van der Waals surface area contributed by atoms with Crippen molar-refractivity contribution in [3.63, 3.8) is 0 Å². The average molecular weight is 399 g/mol. The van der Waals surface area contributed by atoms with Crippen molar-refractivity contribution in [2.24, 2.45) is 10.8 Å². The second kappa shape index (κ2) is 22.0. The van der Waals surface area contributed by atoms with E-state index in [2.05, 4.69) is 13.8 Å². The predicted octanol–water partition coefficient (Wildman–Crippen LogP) is 2.64. The van der Waals surface area contributed by atoms with Gasteiger partial charge in [-0.05, 0) is 0 Å². The highest BCUT2D eigenvalue weighted by Gasteiger charge is 2.35. The van der Waals surface area contributed by atoms with Crippen LogP contribution in [0, 0.1) is 10.8 Å². The average Bonchev–Trinajstić information content (AvgIpc) is 2.65. The van der Waals surface area contributed by atoms with Gasteiger partial charge >= 0.3 is 0 Å². The van der Waals surface area contributed by atoms with E-state index >= 15 is 0 Å². The van der Waals surface area contributed by atoms with Gasteiger partial charge in [-0.15, -0.1) is 0 Å². The summed E-state index contributed by atoms with van der Waals surface area (Å²) in [6.07, 6.45) is 1.25. The first-order valence-electron chi connectivity index (χ1n) is 9.62. The molecule has 0 amide bonds. The Balaban J connectivity index is -0.00000104. The van der Waals surface area contributed by atoms with E-state index in [1.807, 2.05) is 13.8 Å². The molecule has 0 aliphatic rings. The fourth-order valence-corrected chi connectivity index (χ4v) is 2.53. The van der Waals surface area contributed by atoms with Gasteiger partial charge in [0.2, 0.25) is 0 Å². The maximum Gasteiger partial charge on any atom is 0.0637 e. The molecule has 0 fully saturated rings. The van der Waals surface area contributed by atoms with Gasteiger partial charge in [0.1, 0.15) is 0 Å². The molecule has 0 aromatic heterocycles. The van der Waals surface area contributed by atoms with Gasteiger partial charge < -0.3 is 33.5 Å². The van der Waals surface area contributed by atoms with Crippen LogP contribution >= 0.6 is 0 Å². The summed E-state index contributed by atoms with van der Waals surface area (Å²) in [7, 11) is 8.08. The van der Waals surface area contributed by atoms with Gasteiger partial charge in [-0.2, -0.15) is 0 Å². The summed E-state index contributed by atoms with van der Waals surface area (Å²) in [6.45, 7) is 10.9. The lowest BCUT2D eigenvalue weighted by Crippen LogP contribution is -2.44. The van der Waals surface area contributed by atoms with Crippen molar-refractivity contribution in [1.29, 1.82) is 0 Å². The molecule has 7 heteroatoms. The third-order valence-electron chi connectivity index (χ3n) is 3.40. The van der Waals surface area contributed by atoms with Crippen LogP contribution in [0.2, 0.25) is 0 Å². The van der Waals surface area contributed by atoms with E-state index in [0.717, 1.165) is 0 Å². The SMILES string of the molecule is CC.CCC.COCC(CO)(COC)COCC(COC)(COC)COC. The van der Waals surface area contributed by atoms with Gasteiger partial charge in [-0.1, -0.05) is 34.1 Å². The molecule has 0 atom stereocenters. The van der Waals surface area contributed by atoms with Crippen LogP contribution < -0.4 is 0 Å². The first-order valence-corrected chi connectivity index (χ1v) is 9.62. The summed E-state index contributed by atoms with van der Waals surface area (Å²) >= 11 is 0. The molecule has 0 unspecified atom stereocenters. The Morgan fingerprint density at radius 2 is 0.815 bits per heavy atom. The number of methoxy groups -OCH3 is 5. The minimum absolute atomic E-state index is 0.0828. The summed E-state index contributed by atoms with van der Waals surface area (Å²) in [6, 6.07) is 0. The molecule has 0 aliphatic heterocycles. The Bertz CT molecular complexity index is 252. The zero-order chi connectivity index (χ0) is 21.6. The molecule has 0 spiro atoms. The van der Waals surface area contributed by atoms with Crippen LogP contribution in [-0.2, 0) is 28.4 Å². The van der Waals surface area contributed by atoms with Crippen LogP contribution in [0.5, 0.6) is 0 Å². The van der Waals surface area contributed by atoms with Crippen molar-refractivity contribution in [2.75, 3.05) is 88.4 Å². The Kier molecular flexibility index (Phi) is 25.6. The van der Waals surface area contributed by atoms with Crippen molar-refractivity contribution in [2.45, 2.75) is 34.1 Å². The standard InChI is InChI=1S/C15H32O7.C3H8.C2H6/c1-17-7-14(6-16,8-18-2)12-22-13-15(9-19-3,10-20-4)11-21-5;1-3-2;1-2/h16H,6-13H2,1-5H3;3H2,1-2H3;1-2H3. The van der Waals surface area contributed by atoms with Crippen LogP contribution in [0.15, 0.2) is 0 Å². The first kappa shape index (κ1) is 31.4. The van der Waals surface area contributed by atoms with Crippen LogP contribution in [0.1, 0.15) is 34.1 Å². The fraction of sp³-hybridized carbons (Fsp3) is 1.00. The Morgan fingerprint density at radius 3 is 1.07 bits per heavy atom. The topological polar surface area (TPSA) is 75.6 Å². The van der Waals surface area contributed by atoms with E-state index in [-0.39, 0.29) is 12.0 Å². The normalized spacial score (nSPS) is 11.3. The predicted molar refractivity (Wildman–Crippen MR) is 109 cm³/mol. The number of aliphatic hydroxyl groups is 1. The molecular weight excluding hydrogens is 352 g/mol. The van der Waals surface area contributed by atoms with Crippen LogP contribution in [0.4, 0.5) is 0 Å². The highest BCUT2D eigenvalue weighted by molar-refractivity contribution is 4.82. The number of rotatable bonds is 15. The van der Waals surface area contributed by atoms with Crippen molar-refractivity contribution >= 4 is 0 Å². The molecule has 7 nitrogen and oxygen atoms in total. The summed E-state index contributed by atoms with van der Waals surface area (Å²) in [5, 5.41) is 9.66. The van der Waals surface area contributed by atoms with Gasteiger partial charge in [0.15, 0.2) is 0 Å². The molecule has 27 heavy (non-hydrogen) atoms. The van der Waals surface area contributed by atoms with Gasteiger partial charge in [-0.25, -0.2) is 0 Å². The van der Waals surface area contributed by atoms with Crippen LogP contribution in [-0.4, -0.2) is 93.5 Å². The summed E-state index contributed by atoms with van der Waals surface area (Å²) < 4.78 is 32.1. The van der Waals surface area contributed by atoms with Gasteiger partial charge in [0, 0.05) is 35.5 Å². The quantitative estimate of drug-likeness (QED) is 0.454. The fourth-order valence-electron chi connectivity index (χ4n) is 2.53. The largest absolute Gasteiger partial charge is 0.396 e. The molecule has 0 aromatic rings. The lowest BCUT2D eigenvalue weighted by Gasteiger charge is -2.34. The van der Waals surface area contributed by atoms with Crippen molar-refractivity contribution in [3.8, 4) is 0 Å². The monoisotopic (exact) mass is 398 g/mol. The number of aliphatic hydroxyl groups excluding tert-OH is 1. The molecule has 0 heterocycles. The Labute approximate surface area is 167 Å². The van der Waals surface area contributed by atoms with Crippen LogP contribution in [0.3, 0.4) is 0 Å². The third-order valence-corrected chi connectivity index (χ3v) is 3.40. The minimum atomic E-state index is -0.581. The molecule has 0 saturated heterocycles. The van der Waals surface area contributed by atoms with Crippen LogP contribution in [0.25, 0.3) is 0 Å². The van der Waals surface area contributed by atoms with Crippen molar-refractivity contribution < 1.29 is 33.5 Å². The Hall–Kier alpha value is -0.280. The highest BCUT2D eigenvalue weighted by Crippen LogP contribution is 2.23. The molecular formula is C20H46O7. The molecule has 0 bridgehead atoms. The van der Waals surface area contributed by atoms with Crippen molar-refractivity contribution in [1.82, 2.24) is 0 Å². The molecule has 0 aliphatic carbocycles. The summed E-state index contributed by atoms with van der Waals surface area (Å²) in [4.78, 5) is 0. The number of hydrogen-bond donors (Lipinski definition) is 1. The zero-order valence-electron chi connectivity index (χ0n) is 19.3. The smallest absolute Gasteiger partial charge is 0.0637 e. The first-order chi connectivity index (χ1) is 13.0. The lowest BCUT2D eigenvalue weighted by atomic mass is 9.90. The van der Waals surface area contributed by atoms with E-state index in [1.54, 1.807) is 35.5 Å². The number of hydrogen-bond acceptors (Lipinski definition) is 7. The summed E-state index contributed by atoms with van der Waals surface area (Å²) in [5.41, 5.74) is -0.970. The molecule has 168 valence electrons. The van der Waals surface area contributed by atoms with E-state index in [9.17, 15) is 5.11 Å². The van der Waals surface area contributed by atoms with Crippen molar-refractivity contribution in [3.05, 3.63) is 0 Å². The number of ether oxygens (including phenoxy) is 6. The van der Waals surface area contributed by atoms with Gasteiger partial charge in [0.25, 0.3) is 0 Å². The second-order valence-corrected chi connectivity index (χ2v) is 6.52. The maximum absolute atomic E-state index is 9.66. The second-order valence-electron chi connectivity index (χ2n) is 6.52. The van der Waals surface area contributed by atoms with E-state index in [1.165, 1.54) is 6.42 Å². The Morgan fingerprint density at radius 1 is 0.556 bits per heavy atom. The molecule has 0 aromatic carbocycles. The molecule has 0 rings (SSSR count). The summed E-state index contributed by atoms with van der Waals surface area (Å²) in [5.74, 6) is 0. The maximum atomic E-state index is 9.66. The molecule has 0 radical (unpaired) electrons.